The van der Waals surface area contributed by atoms with Gasteiger partial charge in [-0.05, 0) is 51.0 Å². The summed E-state index contributed by atoms with van der Waals surface area (Å²) in [5.74, 6) is -0.410. The second-order valence-electron chi connectivity index (χ2n) is 5.60. The molecule has 0 saturated carbocycles. The zero-order valence-corrected chi connectivity index (χ0v) is 12.2. The van der Waals surface area contributed by atoms with Crippen LogP contribution in [0.25, 0.3) is 0 Å². The van der Waals surface area contributed by atoms with E-state index in [2.05, 4.69) is 5.32 Å². The van der Waals surface area contributed by atoms with Gasteiger partial charge >= 0.3 is 6.09 Å². The lowest BCUT2D eigenvalue weighted by atomic mass is 9.99. The fourth-order valence-electron chi connectivity index (χ4n) is 1.80. The van der Waals surface area contributed by atoms with Gasteiger partial charge in [-0.25, -0.2) is 9.18 Å². The number of carbonyl (C=O) groups excluding carboxylic acids is 2. The van der Waals surface area contributed by atoms with Crippen LogP contribution in [-0.4, -0.2) is 18.0 Å². The number of carbonyl (C=O) groups is 2. The molecule has 0 aliphatic carbocycles. The molecule has 20 heavy (non-hydrogen) atoms. The summed E-state index contributed by atoms with van der Waals surface area (Å²) in [5, 5.41) is 2.60. The smallest absolute Gasteiger partial charge is 0.408 e. The van der Waals surface area contributed by atoms with Gasteiger partial charge in [-0.15, -0.1) is 0 Å². The topological polar surface area (TPSA) is 55.4 Å². The molecule has 5 heteroatoms. The molecule has 1 aromatic carbocycles. The van der Waals surface area contributed by atoms with E-state index in [-0.39, 0.29) is 6.42 Å². The van der Waals surface area contributed by atoms with E-state index in [4.69, 9.17) is 4.74 Å². The first kappa shape index (κ1) is 16.1. The van der Waals surface area contributed by atoms with Crippen LogP contribution in [0.5, 0.6) is 0 Å². The van der Waals surface area contributed by atoms with Crippen molar-refractivity contribution in [2.24, 2.45) is 0 Å². The van der Waals surface area contributed by atoms with Crippen LogP contribution in [0.3, 0.4) is 0 Å². The van der Waals surface area contributed by atoms with Crippen molar-refractivity contribution >= 4 is 12.4 Å². The number of aryl methyl sites for hydroxylation is 1. The Morgan fingerprint density at radius 1 is 1.45 bits per heavy atom. The van der Waals surface area contributed by atoms with Gasteiger partial charge in [0.05, 0.1) is 6.04 Å². The monoisotopic (exact) mass is 281 g/mol. The van der Waals surface area contributed by atoms with Crippen molar-refractivity contribution in [3.05, 3.63) is 35.1 Å². The lowest BCUT2D eigenvalue weighted by Crippen LogP contribution is -2.35. The summed E-state index contributed by atoms with van der Waals surface area (Å²) in [5.41, 5.74) is 0.740. The van der Waals surface area contributed by atoms with Crippen LogP contribution in [0.15, 0.2) is 18.2 Å². The molecule has 0 unspecified atom stereocenters. The van der Waals surface area contributed by atoms with Crippen molar-refractivity contribution < 1.29 is 18.7 Å². The first-order valence-corrected chi connectivity index (χ1v) is 6.42. The normalized spacial score (nSPS) is 12.7. The Hall–Kier alpha value is -1.91. The number of hydrogen-bond donors (Lipinski definition) is 1. The van der Waals surface area contributed by atoms with E-state index in [1.54, 1.807) is 33.8 Å². The SMILES string of the molecule is Cc1ccc(F)cc1[C@H](CC=O)NC(=O)OC(C)(C)C. The van der Waals surface area contributed by atoms with Crippen molar-refractivity contribution in [3.8, 4) is 0 Å². The number of ether oxygens (including phenoxy) is 1. The number of hydrogen-bond acceptors (Lipinski definition) is 3. The zero-order chi connectivity index (χ0) is 15.3. The Morgan fingerprint density at radius 2 is 2.10 bits per heavy atom. The van der Waals surface area contributed by atoms with Crippen molar-refractivity contribution in [2.75, 3.05) is 0 Å². The Morgan fingerprint density at radius 3 is 2.65 bits per heavy atom. The van der Waals surface area contributed by atoms with Gasteiger partial charge in [-0.1, -0.05) is 6.07 Å². The molecule has 1 aromatic rings. The molecule has 0 bridgehead atoms. The molecule has 1 N–H and O–H groups in total. The van der Waals surface area contributed by atoms with Gasteiger partial charge in [0.2, 0.25) is 0 Å². The Balaban J connectivity index is 2.91. The summed E-state index contributed by atoms with van der Waals surface area (Å²) in [6.45, 7) is 7.03. The standard InChI is InChI=1S/C15H20FNO3/c1-10-5-6-11(16)9-12(10)13(7-8-18)17-14(19)20-15(2,3)4/h5-6,8-9,13H,7H2,1-4H3,(H,17,19)/t13-/m0/s1. The fourth-order valence-corrected chi connectivity index (χ4v) is 1.80. The van der Waals surface area contributed by atoms with Crippen LogP contribution in [0.4, 0.5) is 9.18 Å². The molecule has 0 aromatic heterocycles. The maximum atomic E-state index is 13.3. The van der Waals surface area contributed by atoms with Crippen molar-refractivity contribution in [1.29, 1.82) is 0 Å². The summed E-state index contributed by atoms with van der Waals surface area (Å²) in [6.07, 6.45) is 0.114. The molecular weight excluding hydrogens is 261 g/mol. The number of alkyl carbamates (subject to hydrolysis) is 1. The van der Waals surface area contributed by atoms with E-state index in [1.165, 1.54) is 12.1 Å². The fraction of sp³-hybridized carbons (Fsp3) is 0.467. The minimum atomic E-state index is -0.632. The van der Waals surface area contributed by atoms with Crippen LogP contribution in [0.1, 0.15) is 44.4 Å². The summed E-state index contributed by atoms with van der Waals surface area (Å²) >= 11 is 0. The van der Waals surface area contributed by atoms with Crippen molar-refractivity contribution in [3.63, 3.8) is 0 Å². The molecule has 1 rings (SSSR count). The van der Waals surface area contributed by atoms with Crippen molar-refractivity contribution in [2.45, 2.75) is 45.8 Å². The number of rotatable bonds is 4. The molecule has 0 spiro atoms. The predicted molar refractivity (Wildman–Crippen MR) is 73.9 cm³/mol. The van der Waals surface area contributed by atoms with Crippen LogP contribution < -0.4 is 5.32 Å². The van der Waals surface area contributed by atoms with E-state index in [1.807, 2.05) is 0 Å². The minimum absolute atomic E-state index is 0.0591. The van der Waals surface area contributed by atoms with Gasteiger partial charge in [0.15, 0.2) is 0 Å². The lowest BCUT2D eigenvalue weighted by Gasteiger charge is -2.23. The molecule has 0 radical (unpaired) electrons. The number of aldehydes is 1. The van der Waals surface area contributed by atoms with Gasteiger partial charge in [0.25, 0.3) is 0 Å². The Bertz CT molecular complexity index is 494. The van der Waals surface area contributed by atoms with E-state index < -0.39 is 23.6 Å². The highest BCUT2D eigenvalue weighted by molar-refractivity contribution is 5.69. The third kappa shape index (κ3) is 4.99. The van der Waals surface area contributed by atoms with E-state index in [0.717, 1.165) is 5.56 Å². The molecule has 1 amide bonds. The quantitative estimate of drug-likeness (QED) is 0.862. The number of benzene rings is 1. The second kappa shape index (κ2) is 6.50. The average Bonchev–Trinajstić information content (AvgIpc) is 2.29. The largest absolute Gasteiger partial charge is 0.444 e. The molecular formula is C15H20FNO3. The Labute approximate surface area is 118 Å². The Kier molecular flexibility index (Phi) is 5.25. The lowest BCUT2D eigenvalue weighted by molar-refractivity contribution is -0.108. The van der Waals surface area contributed by atoms with Gasteiger partial charge in [-0.2, -0.15) is 0 Å². The highest BCUT2D eigenvalue weighted by atomic mass is 19.1. The minimum Gasteiger partial charge on any atom is -0.444 e. The maximum Gasteiger partial charge on any atom is 0.408 e. The highest BCUT2D eigenvalue weighted by Gasteiger charge is 2.21. The molecule has 110 valence electrons. The van der Waals surface area contributed by atoms with Crippen LogP contribution in [0, 0.1) is 12.7 Å². The highest BCUT2D eigenvalue weighted by Crippen LogP contribution is 2.22. The maximum absolute atomic E-state index is 13.3. The molecule has 0 saturated heterocycles. The van der Waals surface area contributed by atoms with E-state index >= 15 is 0 Å². The molecule has 0 heterocycles. The summed E-state index contributed by atoms with van der Waals surface area (Å²) in [6, 6.07) is 3.67. The van der Waals surface area contributed by atoms with E-state index in [0.29, 0.717) is 11.8 Å². The van der Waals surface area contributed by atoms with Gasteiger partial charge in [0.1, 0.15) is 17.7 Å². The van der Waals surface area contributed by atoms with Gasteiger partial charge < -0.3 is 14.8 Å². The molecule has 0 aliphatic heterocycles. The van der Waals surface area contributed by atoms with Crippen molar-refractivity contribution in [1.82, 2.24) is 5.32 Å². The first-order valence-electron chi connectivity index (χ1n) is 6.42. The molecule has 1 atom stereocenters. The van der Waals surface area contributed by atoms with Crippen LogP contribution in [-0.2, 0) is 9.53 Å². The summed E-state index contributed by atoms with van der Waals surface area (Å²) in [4.78, 5) is 22.5. The summed E-state index contributed by atoms with van der Waals surface area (Å²) < 4.78 is 18.5. The third-order valence-corrected chi connectivity index (χ3v) is 2.64. The van der Waals surface area contributed by atoms with Crippen LogP contribution in [0.2, 0.25) is 0 Å². The molecule has 4 nitrogen and oxygen atoms in total. The number of nitrogens with one attached hydrogen (secondary N) is 1. The number of amides is 1. The average molecular weight is 281 g/mol. The predicted octanol–water partition coefficient (Wildman–Crippen LogP) is 3.29. The molecule has 0 aliphatic rings. The van der Waals surface area contributed by atoms with Gasteiger partial charge in [0, 0.05) is 6.42 Å². The number of halogens is 1. The van der Waals surface area contributed by atoms with Crippen LogP contribution >= 0.6 is 0 Å². The van der Waals surface area contributed by atoms with E-state index in [9.17, 15) is 14.0 Å². The zero-order valence-electron chi connectivity index (χ0n) is 12.2. The summed E-state index contributed by atoms with van der Waals surface area (Å²) in [7, 11) is 0. The third-order valence-electron chi connectivity index (χ3n) is 2.64. The molecule has 0 fully saturated rings. The van der Waals surface area contributed by atoms with Gasteiger partial charge in [-0.3, -0.25) is 0 Å². The second-order valence-corrected chi connectivity index (χ2v) is 5.60. The first-order chi connectivity index (χ1) is 9.23.